The van der Waals surface area contributed by atoms with E-state index in [-0.39, 0.29) is 6.04 Å². The van der Waals surface area contributed by atoms with Crippen molar-refractivity contribution in [2.45, 2.75) is 13.0 Å². The number of benzene rings is 1. The van der Waals surface area contributed by atoms with Crippen LogP contribution in [0.15, 0.2) is 24.3 Å². The van der Waals surface area contributed by atoms with Gasteiger partial charge in [0.05, 0.1) is 13.2 Å². The third-order valence-electron chi connectivity index (χ3n) is 1.93. The third-order valence-corrected chi connectivity index (χ3v) is 1.93. The van der Waals surface area contributed by atoms with E-state index in [1.807, 2.05) is 31.2 Å². The highest BCUT2D eigenvalue weighted by Gasteiger charge is 2.02. The van der Waals surface area contributed by atoms with Crippen LogP contribution in [0.4, 0.5) is 0 Å². The normalized spacial score (nSPS) is 11.8. The van der Waals surface area contributed by atoms with Crippen molar-refractivity contribution in [2.24, 2.45) is 0 Å². The summed E-state index contributed by atoms with van der Waals surface area (Å²) in [6.07, 6.45) is 0.703. The Morgan fingerprint density at radius 1 is 1.38 bits per heavy atom. The molecule has 3 heteroatoms. The van der Waals surface area contributed by atoms with Gasteiger partial charge >= 0.3 is 0 Å². The molecular weight excluding hydrogens is 166 g/mol. The van der Waals surface area contributed by atoms with Crippen LogP contribution in [0.2, 0.25) is 0 Å². The van der Waals surface area contributed by atoms with Gasteiger partial charge in [-0.15, -0.1) is 0 Å². The Labute approximate surface area is 77.7 Å². The van der Waals surface area contributed by atoms with Gasteiger partial charge in [0.15, 0.2) is 0 Å². The van der Waals surface area contributed by atoms with Gasteiger partial charge in [0.25, 0.3) is 0 Å². The lowest BCUT2D eigenvalue weighted by Gasteiger charge is -2.10. The fraction of sp³-hybridized carbons (Fsp3) is 0.300. The molecule has 0 aliphatic carbocycles. The SMILES string of the molecule is COc1ccc(C(C)NC=O)cc1. The van der Waals surface area contributed by atoms with Crippen molar-refractivity contribution in [3.63, 3.8) is 0 Å². The number of ether oxygens (including phenoxy) is 1. The van der Waals surface area contributed by atoms with Crippen molar-refractivity contribution in [1.82, 2.24) is 5.32 Å². The minimum Gasteiger partial charge on any atom is -0.497 e. The molecule has 0 heterocycles. The molecule has 13 heavy (non-hydrogen) atoms. The number of carbonyl (C=O) groups excluding carboxylic acids is 1. The number of carbonyl (C=O) groups is 1. The smallest absolute Gasteiger partial charge is 0.207 e. The van der Waals surface area contributed by atoms with Gasteiger partial charge in [-0.05, 0) is 24.6 Å². The highest BCUT2D eigenvalue weighted by Crippen LogP contribution is 2.16. The van der Waals surface area contributed by atoms with E-state index in [9.17, 15) is 4.79 Å². The molecule has 1 aromatic rings. The molecule has 70 valence electrons. The van der Waals surface area contributed by atoms with Crippen molar-refractivity contribution in [3.8, 4) is 5.75 Å². The summed E-state index contributed by atoms with van der Waals surface area (Å²) in [7, 11) is 1.63. The van der Waals surface area contributed by atoms with Gasteiger partial charge in [-0.2, -0.15) is 0 Å². The van der Waals surface area contributed by atoms with E-state index in [1.54, 1.807) is 7.11 Å². The van der Waals surface area contributed by atoms with Gasteiger partial charge in [-0.25, -0.2) is 0 Å². The van der Waals surface area contributed by atoms with Gasteiger partial charge in [-0.3, -0.25) is 4.79 Å². The maximum Gasteiger partial charge on any atom is 0.207 e. The van der Waals surface area contributed by atoms with E-state index >= 15 is 0 Å². The number of nitrogens with one attached hydrogen (secondary N) is 1. The van der Waals surface area contributed by atoms with Crippen molar-refractivity contribution in [3.05, 3.63) is 29.8 Å². The van der Waals surface area contributed by atoms with Gasteiger partial charge < -0.3 is 10.1 Å². The molecule has 3 nitrogen and oxygen atoms in total. The molecule has 0 fully saturated rings. The molecule has 1 rings (SSSR count). The first kappa shape index (κ1) is 9.58. The van der Waals surface area contributed by atoms with Gasteiger partial charge in [-0.1, -0.05) is 12.1 Å². The van der Waals surface area contributed by atoms with Crippen molar-refractivity contribution in [2.75, 3.05) is 7.11 Å². The first-order chi connectivity index (χ1) is 6.27. The predicted molar refractivity (Wildman–Crippen MR) is 50.6 cm³/mol. The Hall–Kier alpha value is -1.51. The van der Waals surface area contributed by atoms with Gasteiger partial charge in [0, 0.05) is 0 Å². The summed E-state index contributed by atoms with van der Waals surface area (Å²) in [6, 6.07) is 7.65. The van der Waals surface area contributed by atoms with E-state index in [2.05, 4.69) is 5.32 Å². The third kappa shape index (κ3) is 2.47. The molecule has 0 aliphatic rings. The number of methoxy groups -OCH3 is 1. The van der Waals surface area contributed by atoms with Crippen LogP contribution in [0.1, 0.15) is 18.5 Å². The number of hydrogen-bond donors (Lipinski definition) is 1. The topological polar surface area (TPSA) is 38.3 Å². The van der Waals surface area contributed by atoms with E-state index in [0.29, 0.717) is 6.41 Å². The summed E-state index contributed by atoms with van der Waals surface area (Å²) in [5.41, 5.74) is 1.06. The first-order valence-corrected chi connectivity index (χ1v) is 4.11. The molecule has 0 spiro atoms. The molecule has 0 aliphatic heterocycles. The molecule has 1 N–H and O–H groups in total. The van der Waals surface area contributed by atoms with Crippen molar-refractivity contribution in [1.29, 1.82) is 0 Å². The molecule has 0 aromatic heterocycles. The van der Waals surface area contributed by atoms with E-state index < -0.39 is 0 Å². The molecule has 0 saturated heterocycles. The first-order valence-electron chi connectivity index (χ1n) is 4.11. The average Bonchev–Trinajstić information content (AvgIpc) is 2.18. The fourth-order valence-corrected chi connectivity index (χ4v) is 1.09. The highest BCUT2D eigenvalue weighted by molar-refractivity contribution is 5.47. The summed E-state index contributed by atoms with van der Waals surface area (Å²) in [6.45, 7) is 1.93. The molecule has 1 unspecified atom stereocenters. The summed E-state index contributed by atoms with van der Waals surface area (Å²) >= 11 is 0. The Morgan fingerprint density at radius 2 is 2.00 bits per heavy atom. The van der Waals surface area contributed by atoms with Crippen LogP contribution in [0.25, 0.3) is 0 Å². The van der Waals surface area contributed by atoms with Crippen molar-refractivity contribution >= 4 is 6.41 Å². The molecule has 1 amide bonds. The highest BCUT2D eigenvalue weighted by atomic mass is 16.5. The summed E-state index contributed by atoms with van der Waals surface area (Å²) in [4.78, 5) is 10.2. The van der Waals surface area contributed by atoms with E-state index in [4.69, 9.17) is 4.74 Å². The van der Waals surface area contributed by atoms with Gasteiger partial charge in [0.1, 0.15) is 5.75 Å². The average molecular weight is 179 g/mol. The second-order valence-electron chi connectivity index (χ2n) is 2.78. The zero-order valence-electron chi connectivity index (χ0n) is 7.78. The lowest BCUT2D eigenvalue weighted by molar-refractivity contribution is -0.110. The molecule has 0 bridgehead atoms. The summed E-state index contributed by atoms with van der Waals surface area (Å²) < 4.78 is 5.02. The summed E-state index contributed by atoms with van der Waals surface area (Å²) in [5, 5.41) is 2.68. The van der Waals surface area contributed by atoms with E-state index in [0.717, 1.165) is 11.3 Å². The Balaban J connectivity index is 2.73. The standard InChI is InChI=1S/C10H13NO2/c1-8(11-7-12)9-3-5-10(13-2)6-4-9/h3-8H,1-2H3,(H,11,12). The lowest BCUT2D eigenvalue weighted by atomic mass is 10.1. The Bertz CT molecular complexity index is 269. The van der Waals surface area contributed by atoms with Gasteiger partial charge in [0.2, 0.25) is 6.41 Å². The molecule has 1 aromatic carbocycles. The van der Waals surface area contributed by atoms with E-state index in [1.165, 1.54) is 0 Å². The quantitative estimate of drug-likeness (QED) is 0.711. The minimum atomic E-state index is 0.0448. The van der Waals surface area contributed by atoms with Crippen molar-refractivity contribution < 1.29 is 9.53 Å². The molecular formula is C10H13NO2. The maximum absolute atomic E-state index is 10.2. The van der Waals surface area contributed by atoms with Crippen LogP contribution >= 0.6 is 0 Å². The maximum atomic E-state index is 10.2. The molecule has 0 saturated carbocycles. The number of hydrogen-bond acceptors (Lipinski definition) is 2. The summed E-state index contributed by atoms with van der Waals surface area (Å²) in [5.74, 6) is 0.821. The largest absolute Gasteiger partial charge is 0.497 e. The monoisotopic (exact) mass is 179 g/mol. The predicted octanol–water partition coefficient (Wildman–Crippen LogP) is 1.50. The Morgan fingerprint density at radius 3 is 2.46 bits per heavy atom. The van der Waals surface area contributed by atoms with Crippen LogP contribution < -0.4 is 10.1 Å². The second-order valence-corrected chi connectivity index (χ2v) is 2.78. The fourth-order valence-electron chi connectivity index (χ4n) is 1.09. The number of amides is 1. The van der Waals surface area contributed by atoms with Crippen LogP contribution in [-0.2, 0) is 4.79 Å². The number of rotatable bonds is 4. The van der Waals surface area contributed by atoms with Crippen LogP contribution in [0, 0.1) is 0 Å². The molecule has 0 radical (unpaired) electrons. The Kier molecular flexibility index (Phi) is 3.31. The zero-order chi connectivity index (χ0) is 9.68. The zero-order valence-corrected chi connectivity index (χ0v) is 7.78. The van der Waals surface area contributed by atoms with Crippen LogP contribution in [-0.4, -0.2) is 13.5 Å². The van der Waals surface area contributed by atoms with Crippen LogP contribution in [0.5, 0.6) is 5.75 Å². The second kappa shape index (κ2) is 4.50. The molecule has 1 atom stereocenters. The minimum absolute atomic E-state index is 0.0448. The lowest BCUT2D eigenvalue weighted by Crippen LogP contribution is -2.15. The van der Waals surface area contributed by atoms with Crippen LogP contribution in [0.3, 0.4) is 0 Å².